The second-order valence-electron chi connectivity index (χ2n) is 2.81. The van der Waals surface area contributed by atoms with Gasteiger partial charge in [0.15, 0.2) is 0 Å². The van der Waals surface area contributed by atoms with Crippen LogP contribution in [-0.4, -0.2) is 9.55 Å². The average molecular weight is 247 g/mol. The number of hydrogen-bond donors (Lipinski definition) is 0. The van der Waals surface area contributed by atoms with Crippen LogP contribution in [-0.2, 0) is 12.4 Å². The van der Waals surface area contributed by atoms with Crippen molar-refractivity contribution in [2.24, 2.45) is 0 Å². The van der Waals surface area contributed by atoms with E-state index >= 15 is 0 Å². The molecule has 0 unspecified atom stereocenters. The summed E-state index contributed by atoms with van der Waals surface area (Å²) in [6.07, 6.45) is 3.68. The highest BCUT2D eigenvalue weighted by Gasteiger charge is 2.03. The summed E-state index contributed by atoms with van der Waals surface area (Å²) in [6, 6.07) is 3.92. The predicted molar refractivity (Wildman–Crippen MR) is 60.2 cm³/mol. The first kappa shape index (κ1) is 10.0. The van der Waals surface area contributed by atoms with Gasteiger partial charge in [0.25, 0.3) is 0 Å². The van der Waals surface area contributed by atoms with Crippen LogP contribution in [0.5, 0.6) is 0 Å². The molecule has 0 aliphatic heterocycles. The summed E-state index contributed by atoms with van der Waals surface area (Å²) in [6.45, 7) is 0.791. The Labute approximate surface area is 96.1 Å². The molecule has 2 aromatic heterocycles. The van der Waals surface area contributed by atoms with E-state index in [0.717, 1.165) is 16.7 Å². The van der Waals surface area contributed by atoms with Crippen LogP contribution >= 0.6 is 34.5 Å². The number of halogens is 2. The van der Waals surface area contributed by atoms with Crippen LogP contribution < -0.4 is 0 Å². The maximum Gasteiger partial charge on any atom is 0.123 e. The molecule has 5 heteroatoms. The molecule has 0 amide bonds. The molecule has 0 aliphatic rings. The number of imidazole rings is 1. The lowest BCUT2D eigenvalue weighted by atomic mass is 10.4. The van der Waals surface area contributed by atoms with E-state index in [1.54, 1.807) is 17.5 Å². The van der Waals surface area contributed by atoms with Crippen LogP contribution in [0.15, 0.2) is 24.5 Å². The highest BCUT2D eigenvalue weighted by Crippen LogP contribution is 2.22. The third-order valence-electron chi connectivity index (χ3n) is 1.88. The van der Waals surface area contributed by atoms with Crippen LogP contribution in [0.1, 0.15) is 10.7 Å². The fraction of sp³-hybridized carbons (Fsp3) is 0.222. The topological polar surface area (TPSA) is 17.8 Å². The molecule has 0 fully saturated rings. The first-order valence-corrected chi connectivity index (χ1v) is 5.82. The summed E-state index contributed by atoms with van der Waals surface area (Å²) >= 11 is 13.2. The van der Waals surface area contributed by atoms with E-state index in [2.05, 4.69) is 4.98 Å². The molecule has 0 aromatic carbocycles. The minimum Gasteiger partial charge on any atom is -0.329 e. The molecule has 2 aromatic rings. The van der Waals surface area contributed by atoms with Gasteiger partial charge in [0.1, 0.15) is 5.82 Å². The van der Waals surface area contributed by atoms with Crippen LogP contribution in [0.2, 0.25) is 4.34 Å². The highest BCUT2D eigenvalue weighted by molar-refractivity contribution is 7.16. The van der Waals surface area contributed by atoms with Gasteiger partial charge >= 0.3 is 0 Å². The fourth-order valence-corrected chi connectivity index (χ4v) is 2.53. The summed E-state index contributed by atoms with van der Waals surface area (Å²) in [5, 5.41) is 0. The van der Waals surface area contributed by atoms with Crippen LogP contribution in [0.3, 0.4) is 0 Å². The largest absolute Gasteiger partial charge is 0.329 e. The molecule has 2 nitrogen and oxygen atoms in total. The fourth-order valence-electron chi connectivity index (χ4n) is 1.22. The van der Waals surface area contributed by atoms with Gasteiger partial charge in [-0.1, -0.05) is 11.6 Å². The van der Waals surface area contributed by atoms with Crippen molar-refractivity contribution in [1.29, 1.82) is 0 Å². The second kappa shape index (κ2) is 4.34. The van der Waals surface area contributed by atoms with Crippen molar-refractivity contribution >= 4 is 34.5 Å². The lowest BCUT2D eigenvalue weighted by Gasteiger charge is -2.02. The van der Waals surface area contributed by atoms with Crippen molar-refractivity contribution in [2.75, 3.05) is 0 Å². The number of thiophene rings is 1. The molecule has 0 radical (unpaired) electrons. The van der Waals surface area contributed by atoms with Crippen molar-refractivity contribution in [2.45, 2.75) is 12.4 Å². The molecule has 14 heavy (non-hydrogen) atoms. The molecule has 2 heterocycles. The molecule has 0 bridgehead atoms. The van der Waals surface area contributed by atoms with Crippen molar-refractivity contribution in [3.8, 4) is 0 Å². The lowest BCUT2D eigenvalue weighted by molar-refractivity contribution is 0.765. The first-order chi connectivity index (χ1) is 6.79. The summed E-state index contributed by atoms with van der Waals surface area (Å²) in [5.41, 5.74) is 0. The van der Waals surface area contributed by atoms with E-state index in [0.29, 0.717) is 5.88 Å². The molecule has 0 aliphatic carbocycles. The van der Waals surface area contributed by atoms with Gasteiger partial charge in [-0.15, -0.1) is 22.9 Å². The zero-order valence-corrected chi connectivity index (χ0v) is 9.61. The van der Waals surface area contributed by atoms with E-state index < -0.39 is 0 Å². The molecule has 0 spiro atoms. The number of aromatic nitrogens is 2. The average Bonchev–Trinajstić information content (AvgIpc) is 2.76. The molecule has 74 valence electrons. The molecule has 0 atom stereocenters. The van der Waals surface area contributed by atoms with Crippen molar-refractivity contribution in [3.63, 3.8) is 0 Å². The Balaban J connectivity index is 2.18. The third kappa shape index (κ3) is 2.11. The normalized spacial score (nSPS) is 10.7. The second-order valence-corrected chi connectivity index (χ2v) is 4.88. The number of hydrogen-bond acceptors (Lipinski definition) is 2. The van der Waals surface area contributed by atoms with Gasteiger partial charge in [-0.25, -0.2) is 4.98 Å². The monoisotopic (exact) mass is 246 g/mol. The summed E-state index contributed by atoms with van der Waals surface area (Å²) in [7, 11) is 0. The number of rotatable bonds is 3. The Kier molecular flexibility index (Phi) is 3.11. The Bertz CT molecular complexity index is 422. The summed E-state index contributed by atoms with van der Waals surface area (Å²) < 4.78 is 2.84. The molecule has 0 saturated carbocycles. The smallest absolute Gasteiger partial charge is 0.123 e. The first-order valence-electron chi connectivity index (χ1n) is 4.10. The quantitative estimate of drug-likeness (QED) is 0.760. The Morgan fingerprint density at radius 3 is 2.93 bits per heavy atom. The van der Waals surface area contributed by atoms with Crippen LogP contribution in [0.4, 0.5) is 0 Å². The minimum atomic E-state index is 0.437. The maximum atomic E-state index is 5.84. The van der Waals surface area contributed by atoms with Crippen molar-refractivity contribution in [3.05, 3.63) is 39.6 Å². The predicted octanol–water partition coefficient (Wildman–Crippen LogP) is 3.39. The van der Waals surface area contributed by atoms with E-state index in [1.807, 2.05) is 22.9 Å². The van der Waals surface area contributed by atoms with E-state index in [9.17, 15) is 0 Å². The van der Waals surface area contributed by atoms with E-state index in [4.69, 9.17) is 23.2 Å². The SMILES string of the molecule is ClCc1nccn1Cc1ccc(Cl)s1. The molecular formula is C9H8Cl2N2S. The van der Waals surface area contributed by atoms with Crippen LogP contribution in [0, 0.1) is 0 Å². The van der Waals surface area contributed by atoms with Gasteiger partial charge in [-0.3, -0.25) is 0 Å². The minimum absolute atomic E-state index is 0.437. The van der Waals surface area contributed by atoms with Gasteiger partial charge in [-0.2, -0.15) is 0 Å². The molecular weight excluding hydrogens is 239 g/mol. The van der Waals surface area contributed by atoms with E-state index in [1.165, 1.54) is 4.88 Å². The number of nitrogens with zero attached hydrogens (tertiary/aromatic N) is 2. The number of alkyl halides is 1. The summed E-state index contributed by atoms with van der Waals surface area (Å²) in [4.78, 5) is 5.35. The third-order valence-corrected chi connectivity index (χ3v) is 3.33. The van der Waals surface area contributed by atoms with Gasteiger partial charge in [-0.05, 0) is 12.1 Å². The molecule has 0 saturated heterocycles. The lowest BCUT2D eigenvalue weighted by Crippen LogP contribution is -2.00. The summed E-state index contributed by atoms with van der Waals surface area (Å²) in [5.74, 6) is 1.32. The molecule has 2 rings (SSSR count). The molecule has 0 N–H and O–H groups in total. The van der Waals surface area contributed by atoms with E-state index in [-0.39, 0.29) is 0 Å². The van der Waals surface area contributed by atoms with Crippen LogP contribution in [0.25, 0.3) is 0 Å². The van der Waals surface area contributed by atoms with Gasteiger partial charge < -0.3 is 4.57 Å². The maximum absolute atomic E-state index is 5.84. The zero-order chi connectivity index (χ0) is 9.97. The Morgan fingerprint density at radius 1 is 1.43 bits per heavy atom. The Morgan fingerprint density at radius 2 is 2.29 bits per heavy atom. The van der Waals surface area contributed by atoms with Gasteiger partial charge in [0.05, 0.1) is 16.8 Å². The highest BCUT2D eigenvalue weighted by atomic mass is 35.5. The Hall–Kier alpha value is -0.510. The van der Waals surface area contributed by atoms with Gasteiger partial charge in [0, 0.05) is 17.3 Å². The van der Waals surface area contributed by atoms with Gasteiger partial charge in [0.2, 0.25) is 0 Å². The van der Waals surface area contributed by atoms with Crippen molar-refractivity contribution < 1.29 is 0 Å². The van der Waals surface area contributed by atoms with Crippen molar-refractivity contribution in [1.82, 2.24) is 9.55 Å². The standard InChI is InChI=1S/C9H8Cl2N2S/c10-5-9-12-3-4-13(9)6-7-1-2-8(11)14-7/h1-4H,5-6H2. The zero-order valence-electron chi connectivity index (χ0n) is 7.28.